The largest absolute Gasteiger partial charge is 0.324 e. The van der Waals surface area contributed by atoms with Gasteiger partial charge in [0.15, 0.2) is 0 Å². The number of carbonyl (C=O) groups excluding carboxylic acids is 1. The van der Waals surface area contributed by atoms with Gasteiger partial charge in [-0.3, -0.25) is 9.69 Å². The van der Waals surface area contributed by atoms with E-state index in [0.717, 1.165) is 25.9 Å². The van der Waals surface area contributed by atoms with Crippen LogP contribution in [0.1, 0.15) is 39.2 Å². The number of amides is 1. The molecule has 4 nitrogen and oxygen atoms in total. The summed E-state index contributed by atoms with van der Waals surface area (Å²) in [5.74, 6) is -0.0606. The van der Waals surface area contributed by atoms with Crippen molar-refractivity contribution in [2.45, 2.75) is 39.7 Å². The lowest BCUT2D eigenvalue weighted by Crippen LogP contribution is -2.42. The van der Waals surface area contributed by atoms with Gasteiger partial charge in [-0.05, 0) is 45.0 Å². The third-order valence-corrected chi connectivity index (χ3v) is 3.25. The predicted molar refractivity (Wildman–Crippen MR) is 81.4 cm³/mol. The van der Waals surface area contributed by atoms with Crippen LogP contribution in [0.4, 0.5) is 5.69 Å². The minimum Gasteiger partial charge on any atom is -0.324 e. The highest BCUT2D eigenvalue weighted by Crippen LogP contribution is 2.15. The molecule has 0 bridgehead atoms. The molecule has 1 N–H and O–H groups in total. The Morgan fingerprint density at radius 2 is 1.90 bits per heavy atom. The molecule has 0 saturated carbocycles. The van der Waals surface area contributed by atoms with Crippen LogP contribution >= 0.6 is 0 Å². The number of nitriles is 1. The maximum absolute atomic E-state index is 12.3. The van der Waals surface area contributed by atoms with Gasteiger partial charge in [0.05, 0.1) is 17.3 Å². The van der Waals surface area contributed by atoms with Gasteiger partial charge in [0.2, 0.25) is 5.91 Å². The lowest BCUT2D eigenvalue weighted by atomic mass is 10.1. The van der Waals surface area contributed by atoms with E-state index in [2.05, 4.69) is 30.1 Å². The standard InChI is InChI=1S/C16H23N3O/c1-4-10-19(11-5-2)13(3)16(20)18-15-9-7-6-8-14(15)12-17/h6-9,13H,4-5,10-11H2,1-3H3,(H,18,20). The third kappa shape index (κ3) is 4.36. The van der Waals surface area contributed by atoms with Crippen LogP contribution in [-0.4, -0.2) is 29.9 Å². The highest BCUT2D eigenvalue weighted by Gasteiger charge is 2.20. The summed E-state index contributed by atoms with van der Waals surface area (Å²) in [6.45, 7) is 7.94. The van der Waals surface area contributed by atoms with Crippen molar-refractivity contribution in [3.05, 3.63) is 29.8 Å². The van der Waals surface area contributed by atoms with E-state index in [0.29, 0.717) is 11.3 Å². The second-order valence-corrected chi connectivity index (χ2v) is 4.86. The molecule has 1 amide bonds. The molecule has 1 rings (SSSR count). The average Bonchev–Trinajstić information content (AvgIpc) is 2.46. The minimum absolute atomic E-state index is 0.0606. The number of hydrogen-bond donors (Lipinski definition) is 1. The molecule has 108 valence electrons. The summed E-state index contributed by atoms with van der Waals surface area (Å²) in [6.07, 6.45) is 2.04. The van der Waals surface area contributed by atoms with Gasteiger partial charge in [0, 0.05) is 0 Å². The monoisotopic (exact) mass is 273 g/mol. The Bertz CT molecular complexity index is 473. The summed E-state index contributed by atoms with van der Waals surface area (Å²) < 4.78 is 0. The topological polar surface area (TPSA) is 56.1 Å². The number of benzene rings is 1. The number of rotatable bonds is 7. The Labute approximate surface area is 121 Å². The molecule has 0 spiro atoms. The molecular formula is C16H23N3O. The second-order valence-electron chi connectivity index (χ2n) is 4.86. The highest BCUT2D eigenvalue weighted by atomic mass is 16.2. The highest BCUT2D eigenvalue weighted by molar-refractivity contribution is 5.95. The maximum atomic E-state index is 12.3. The van der Waals surface area contributed by atoms with Crippen LogP contribution in [0.15, 0.2) is 24.3 Å². The van der Waals surface area contributed by atoms with Gasteiger partial charge in [-0.2, -0.15) is 5.26 Å². The summed E-state index contributed by atoms with van der Waals surface area (Å²) in [5, 5.41) is 11.9. The lowest BCUT2D eigenvalue weighted by molar-refractivity contribution is -0.120. The first kappa shape index (κ1) is 16.2. The molecule has 20 heavy (non-hydrogen) atoms. The lowest BCUT2D eigenvalue weighted by Gasteiger charge is -2.27. The fourth-order valence-corrected chi connectivity index (χ4v) is 2.17. The molecule has 0 heterocycles. The SMILES string of the molecule is CCCN(CCC)C(C)C(=O)Nc1ccccc1C#N. The van der Waals surface area contributed by atoms with Crippen LogP contribution in [-0.2, 0) is 4.79 Å². The van der Waals surface area contributed by atoms with Crippen LogP contribution < -0.4 is 5.32 Å². The smallest absolute Gasteiger partial charge is 0.241 e. The van der Waals surface area contributed by atoms with Gasteiger partial charge < -0.3 is 5.32 Å². The number of carbonyl (C=O) groups is 1. The first-order chi connectivity index (χ1) is 9.63. The van der Waals surface area contributed by atoms with E-state index < -0.39 is 0 Å². The summed E-state index contributed by atoms with van der Waals surface area (Å²) in [5.41, 5.74) is 1.07. The van der Waals surface area contributed by atoms with Crippen molar-refractivity contribution in [2.24, 2.45) is 0 Å². The molecule has 0 aliphatic rings. The molecule has 1 aromatic rings. The van der Waals surface area contributed by atoms with Crippen molar-refractivity contribution in [1.29, 1.82) is 5.26 Å². The zero-order valence-corrected chi connectivity index (χ0v) is 12.5. The van der Waals surface area contributed by atoms with Crippen LogP contribution in [0.25, 0.3) is 0 Å². The molecule has 0 aromatic heterocycles. The summed E-state index contributed by atoms with van der Waals surface area (Å²) in [4.78, 5) is 14.5. The van der Waals surface area contributed by atoms with E-state index in [4.69, 9.17) is 5.26 Å². The molecule has 4 heteroatoms. The van der Waals surface area contributed by atoms with Gasteiger partial charge in [-0.1, -0.05) is 26.0 Å². The van der Waals surface area contributed by atoms with E-state index >= 15 is 0 Å². The zero-order chi connectivity index (χ0) is 15.0. The Morgan fingerprint density at radius 3 is 2.45 bits per heavy atom. The molecule has 1 unspecified atom stereocenters. The Balaban J connectivity index is 2.76. The van der Waals surface area contributed by atoms with Crippen LogP contribution in [0.5, 0.6) is 0 Å². The fourth-order valence-electron chi connectivity index (χ4n) is 2.17. The van der Waals surface area contributed by atoms with E-state index in [1.807, 2.05) is 13.0 Å². The van der Waals surface area contributed by atoms with Crippen molar-refractivity contribution in [3.8, 4) is 6.07 Å². The van der Waals surface area contributed by atoms with Gasteiger partial charge >= 0.3 is 0 Å². The summed E-state index contributed by atoms with van der Waals surface area (Å²) >= 11 is 0. The fraction of sp³-hybridized carbons (Fsp3) is 0.500. The number of hydrogen-bond acceptors (Lipinski definition) is 3. The van der Waals surface area contributed by atoms with Gasteiger partial charge in [0.25, 0.3) is 0 Å². The first-order valence-electron chi connectivity index (χ1n) is 7.18. The third-order valence-electron chi connectivity index (χ3n) is 3.25. The normalized spacial score (nSPS) is 11.9. The predicted octanol–water partition coefficient (Wildman–Crippen LogP) is 3.01. The Morgan fingerprint density at radius 1 is 1.30 bits per heavy atom. The van der Waals surface area contributed by atoms with Crippen molar-refractivity contribution >= 4 is 11.6 Å². The van der Waals surface area contributed by atoms with Crippen molar-refractivity contribution in [3.63, 3.8) is 0 Å². The maximum Gasteiger partial charge on any atom is 0.241 e. The number of nitrogens with one attached hydrogen (secondary N) is 1. The van der Waals surface area contributed by atoms with E-state index in [1.165, 1.54) is 0 Å². The van der Waals surface area contributed by atoms with Crippen LogP contribution in [0.3, 0.4) is 0 Å². The van der Waals surface area contributed by atoms with Crippen LogP contribution in [0.2, 0.25) is 0 Å². The summed E-state index contributed by atoms with van der Waals surface area (Å²) in [7, 11) is 0. The Hall–Kier alpha value is -1.86. The number of para-hydroxylation sites is 1. The molecule has 1 atom stereocenters. The minimum atomic E-state index is -0.193. The second kappa shape index (κ2) is 8.34. The zero-order valence-electron chi connectivity index (χ0n) is 12.5. The van der Waals surface area contributed by atoms with Crippen LogP contribution in [0, 0.1) is 11.3 Å². The van der Waals surface area contributed by atoms with Crippen molar-refractivity contribution in [1.82, 2.24) is 4.90 Å². The quantitative estimate of drug-likeness (QED) is 0.831. The van der Waals surface area contributed by atoms with Crippen molar-refractivity contribution in [2.75, 3.05) is 18.4 Å². The number of nitrogens with zero attached hydrogens (tertiary/aromatic N) is 2. The molecule has 1 aromatic carbocycles. The van der Waals surface area contributed by atoms with Crippen molar-refractivity contribution < 1.29 is 4.79 Å². The molecular weight excluding hydrogens is 250 g/mol. The van der Waals surface area contributed by atoms with E-state index in [1.54, 1.807) is 18.2 Å². The van der Waals surface area contributed by atoms with Gasteiger partial charge in [-0.15, -0.1) is 0 Å². The van der Waals surface area contributed by atoms with Gasteiger partial charge in [0.1, 0.15) is 6.07 Å². The van der Waals surface area contributed by atoms with E-state index in [9.17, 15) is 4.79 Å². The van der Waals surface area contributed by atoms with E-state index in [-0.39, 0.29) is 11.9 Å². The number of anilines is 1. The molecule has 0 radical (unpaired) electrons. The summed E-state index contributed by atoms with van der Waals surface area (Å²) in [6, 6.07) is 8.97. The molecule has 0 saturated heterocycles. The van der Waals surface area contributed by atoms with Gasteiger partial charge in [-0.25, -0.2) is 0 Å². The molecule has 0 aliphatic heterocycles. The average molecular weight is 273 g/mol. The molecule has 0 fully saturated rings. The Kier molecular flexibility index (Phi) is 6.75. The first-order valence-corrected chi connectivity index (χ1v) is 7.18. The molecule has 0 aliphatic carbocycles.